The molecular formula is C19H29Br. The zero-order valence-electron chi connectivity index (χ0n) is 13.1. The van der Waals surface area contributed by atoms with E-state index in [-0.39, 0.29) is 0 Å². The van der Waals surface area contributed by atoms with Crippen molar-refractivity contribution >= 4 is 22.0 Å². The van der Waals surface area contributed by atoms with Gasteiger partial charge in [-0.3, -0.25) is 0 Å². The molecule has 0 fully saturated rings. The van der Waals surface area contributed by atoms with Crippen LogP contribution < -0.4 is 0 Å². The minimum atomic E-state index is 0.843. The third-order valence-corrected chi connectivity index (χ3v) is 4.22. The van der Waals surface area contributed by atoms with E-state index in [9.17, 15) is 0 Å². The second kappa shape index (κ2) is 10.2. The second-order valence-electron chi connectivity index (χ2n) is 6.07. The smallest absolute Gasteiger partial charge is 0.00344 e. The Labute approximate surface area is 133 Å². The summed E-state index contributed by atoms with van der Waals surface area (Å²) in [6, 6.07) is 6.96. The van der Waals surface area contributed by atoms with Crippen molar-refractivity contribution in [3.05, 3.63) is 41.5 Å². The number of aryl methyl sites for hydroxylation is 2. The predicted molar refractivity (Wildman–Crippen MR) is 95.7 cm³/mol. The van der Waals surface area contributed by atoms with E-state index in [4.69, 9.17) is 0 Å². The molecule has 0 atom stereocenters. The monoisotopic (exact) mass is 336 g/mol. The van der Waals surface area contributed by atoms with Gasteiger partial charge in [-0.25, -0.2) is 0 Å². The van der Waals surface area contributed by atoms with Crippen LogP contribution in [0.1, 0.15) is 62.6 Å². The summed E-state index contributed by atoms with van der Waals surface area (Å²) < 4.78 is 0. The normalized spacial score (nSPS) is 11.0. The van der Waals surface area contributed by atoms with Crippen molar-refractivity contribution in [3.63, 3.8) is 0 Å². The van der Waals surface area contributed by atoms with Crippen LogP contribution in [0.5, 0.6) is 0 Å². The number of unbranched alkanes of at least 4 members (excludes halogenated alkanes) is 2. The van der Waals surface area contributed by atoms with Gasteiger partial charge in [-0.1, -0.05) is 79.9 Å². The van der Waals surface area contributed by atoms with Gasteiger partial charge in [0.1, 0.15) is 0 Å². The van der Waals surface area contributed by atoms with Crippen LogP contribution in [0.3, 0.4) is 0 Å². The van der Waals surface area contributed by atoms with Crippen LogP contribution in [0.2, 0.25) is 0 Å². The number of rotatable bonds is 10. The summed E-state index contributed by atoms with van der Waals surface area (Å²) in [5, 5.41) is 1.08. The van der Waals surface area contributed by atoms with Gasteiger partial charge in [0, 0.05) is 5.33 Å². The van der Waals surface area contributed by atoms with Crippen molar-refractivity contribution < 1.29 is 0 Å². The fourth-order valence-electron chi connectivity index (χ4n) is 2.53. The van der Waals surface area contributed by atoms with E-state index < -0.39 is 0 Å². The Hall–Kier alpha value is -0.560. The van der Waals surface area contributed by atoms with Gasteiger partial charge in [0.25, 0.3) is 0 Å². The lowest BCUT2D eigenvalue weighted by molar-refractivity contribution is 0.527. The lowest BCUT2D eigenvalue weighted by atomic mass is 9.98. The van der Waals surface area contributed by atoms with Crippen molar-refractivity contribution in [2.45, 2.75) is 58.8 Å². The molecule has 0 heterocycles. The van der Waals surface area contributed by atoms with Crippen LogP contribution in [0.15, 0.2) is 24.8 Å². The fraction of sp³-hybridized carbons (Fsp3) is 0.579. The maximum atomic E-state index is 3.91. The summed E-state index contributed by atoms with van der Waals surface area (Å²) in [5.41, 5.74) is 4.21. The Morgan fingerprint density at radius 2 is 1.65 bits per heavy atom. The molecule has 112 valence electrons. The van der Waals surface area contributed by atoms with E-state index in [2.05, 4.69) is 54.6 Å². The molecule has 0 bridgehead atoms. The van der Waals surface area contributed by atoms with E-state index in [1.807, 2.05) is 6.08 Å². The molecule has 0 nitrogen and oxygen atoms in total. The molecule has 0 amide bonds. The predicted octanol–water partition coefficient (Wildman–Crippen LogP) is 6.42. The molecule has 0 aliphatic rings. The van der Waals surface area contributed by atoms with Crippen LogP contribution in [0, 0.1) is 5.92 Å². The molecule has 1 rings (SSSR count). The van der Waals surface area contributed by atoms with Gasteiger partial charge in [0.05, 0.1) is 0 Å². The highest BCUT2D eigenvalue weighted by atomic mass is 79.9. The van der Waals surface area contributed by atoms with E-state index in [1.54, 1.807) is 0 Å². The molecule has 0 saturated heterocycles. The first kappa shape index (κ1) is 17.5. The summed E-state index contributed by atoms with van der Waals surface area (Å²) in [5.74, 6) is 0.843. The highest BCUT2D eigenvalue weighted by Gasteiger charge is 2.01. The minimum Gasteiger partial charge on any atom is -0.0985 e. The number of benzene rings is 1. The maximum Gasteiger partial charge on any atom is 0.00344 e. The van der Waals surface area contributed by atoms with Crippen molar-refractivity contribution in [2.24, 2.45) is 5.92 Å². The molecule has 0 radical (unpaired) electrons. The Kier molecular flexibility index (Phi) is 8.93. The molecule has 1 heteroatoms. The quantitative estimate of drug-likeness (QED) is 0.341. The topological polar surface area (TPSA) is 0 Å². The lowest BCUT2D eigenvalue weighted by Gasteiger charge is -2.08. The van der Waals surface area contributed by atoms with E-state index >= 15 is 0 Å². The molecule has 0 aliphatic carbocycles. The molecule has 0 saturated carbocycles. The molecule has 0 spiro atoms. The van der Waals surface area contributed by atoms with Gasteiger partial charge in [0.15, 0.2) is 0 Å². The van der Waals surface area contributed by atoms with E-state index in [0.717, 1.165) is 17.7 Å². The maximum absolute atomic E-state index is 3.91. The van der Waals surface area contributed by atoms with Gasteiger partial charge in [-0.2, -0.15) is 0 Å². The van der Waals surface area contributed by atoms with Gasteiger partial charge in [0.2, 0.25) is 0 Å². The van der Waals surface area contributed by atoms with Crippen molar-refractivity contribution in [1.82, 2.24) is 0 Å². The van der Waals surface area contributed by atoms with Crippen LogP contribution in [0.4, 0.5) is 0 Å². The first-order valence-corrected chi connectivity index (χ1v) is 9.09. The molecule has 20 heavy (non-hydrogen) atoms. The molecule has 0 unspecified atom stereocenters. The van der Waals surface area contributed by atoms with Crippen LogP contribution in [0.25, 0.3) is 6.08 Å². The SMILES string of the molecule is C=Cc1cc(CCCBr)cc(CCCCCC(C)C)c1. The zero-order chi connectivity index (χ0) is 14.8. The summed E-state index contributed by atoms with van der Waals surface area (Å²) in [6.07, 6.45) is 10.9. The number of hydrogen-bond acceptors (Lipinski definition) is 0. The summed E-state index contributed by atoms with van der Waals surface area (Å²) in [6.45, 7) is 8.53. The Morgan fingerprint density at radius 3 is 2.20 bits per heavy atom. The Morgan fingerprint density at radius 1 is 1.00 bits per heavy atom. The van der Waals surface area contributed by atoms with Gasteiger partial charge < -0.3 is 0 Å². The Bertz CT molecular complexity index is 393. The third-order valence-electron chi connectivity index (χ3n) is 3.66. The molecule has 0 aromatic heterocycles. The zero-order valence-corrected chi connectivity index (χ0v) is 14.7. The average molecular weight is 337 g/mol. The summed E-state index contributed by atoms with van der Waals surface area (Å²) in [7, 11) is 0. The lowest BCUT2D eigenvalue weighted by Crippen LogP contribution is -1.94. The van der Waals surface area contributed by atoms with Crippen LogP contribution in [-0.4, -0.2) is 5.33 Å². The highest BCUT2D eigenvalue weighted by Crippen LogP contribution is 2.17. The molecule has 0 N–H and O–H groups in total. The summed E-state index contributed by atoms with van der Waals surface area (Å²) in [4.78, 5) is 0. The molecule has 0 aliphatic heterocycles. The Balaban J connectivity index is 2.48. The van der Waals surface area contributed by atoms with Crippen molar-refractivity contribution in [1.29, 1.82) is 0 Å². The van der Waals surface area contributed by atoms with Gasteiger partial charge in [-0.05, 0) is 48.3 Å². The fourth-order valence-corrected chi connectivity index (χ4v) is 2.81. The minimum absolute atomic E-state index is 0.843. The number of alkyl halides is 1. The third kappa shape index (κ3) is 7.28. The highest BCUT2D eigenvalue weighted by molar-refractivity contribution is 9.09. The largest absolute Gasteiger partial charge is 0.0985 e. The first-order chi connectivity index (χ1) is 9.65. The molecular weight excluding hydrogens is 308 g/mol. The standard InChI is InChI=1S/C19H29Br/c1-4-17-13-18(10-7-5-6-9-16(2)3)15-19(14-17)11-8-12-20/h4,13-16H,1,5-12H2,2-3H3. The van der Waals surface area contributed by atoms with Crippen LogP contribution >= 0.6 is 15.9 Å². The molecule has 1 aromatic carbocycles. The van der Waals surface area contributed by atoms with Gasteiger partial charge >= 0.3 is 0 Å². The van der Waals surface area contributed by atoms with E-state index in [1.165, 1.54) is 55.2 Å². The average Bonchev–Trinajstić information content (AvgIpc) is 2.44. The van der Waals surface area contributed by atoms with Crippen molar-refractivity contribution in [2.75, 3.05) is 5.33 Å². The first-order valence-electron chi connectivity index (χ1n) is 7.97. The molecule has 1 aromatic rings. The number of hydrogen-bond donors (Lipinski definition) is 0. The van der Waals surface area contributed by atoms with E-state index in [0.29, 0.717) is 0 Å². The second-order valence-corrected chi connectivity index (χ2v) is 6.87. The van der Waals surface area contributed by atoms with Crippen LogP contribution in [-0.2, 0) is 12.8 Å². The number of halogens is 1. The van der Waals surface area contributed by atoms with Gasteiger partial charge in [-0.15, -0.1) is 0 Å². The summed E-state index contributed by atoms with van der Waals surface area (Å²) >= 11 is 3.51. The van der Waals surface area contributed by atoms with Crippen molar-refractivity contribution in [3.8, 4) is 0 Å².